The van der Waals surface area contributed by atoms with Crippen molar-refractivity contribution in [3.05, 3.63) is 24.2 Å². The zero-order chi connectivity index (χ0) is 21.4. The van der Waals surface area contributed by atoms with E-state index in [1.807, 2.05) is 0 Å². The molecule has 2 rings (SSSR count). The highest BCUT2D eigenvalue weighted by Crippen LogP contribution is 2.21. The summed E-state index contributed by atoms with van der Waals surface area (Å²) >= 11 is 0. The number of likely N-dealkylation sites (tertiary alicyclic amines) is 1. The Morgan fingerprint density at radius 3 is 2.13 bits per heavy atom. The van der Waals surface area contributed by atoms with Crippen molar-refractivity contribution in [2.24, 2.45) is 0 Å². The summed E-state index contributed by atoms with van der Waals surface area (Å²) in [7, 11) is 0. The Kier molecular flexibility index (Phi) is 12.3. The van der Waals surface area contributed by atoms with Crippen LogP contribution in [0.4, 0.5) is 0 Å². The van der Waals surface area contributed by atoms with Crippen LogP contribution in [0.25, 0.3) is 0 Å². The molecule has 1 aromatic rings. The quantitative estimate of drug-likeness (QED) is 0.226. The van der Waals surface area contributed by atoms with E-state index in [4.69, 9.17) is 9.15 Å². The first-order chi connectivity index (χ1) is 14.7. The summed E-state index contributed by atoms with van der Waals surface area (Å²) in [6, 6.07) is 2.85. The molecule has 0 aliphatic carbocycles. The van der Waals surface area contributed by atoms with Gasteiger partial charge < -0.3 is 14.1 Å². The molecule has 1 atom stereocenters. The van der Waals surface area contributed by atoms with E-state index in [0.29, 0.717) is 19.6 Å². The average Bonchev–Trinajstić information content (AvgIpc) is 3.45. The van der Waals surface area contributed by atoms with Crippen LogP contribution < -0.4 is 0 Å². The third-order valence-corrected chi connectivity index (χ3v) is 6.01. The second kappa shape index (κ2) is 15.1. The van der Waals surface area contributed by atoms with Crippen LogP contribution in [0.5, 0.6) is 0 Å². The molecule has 1 aromatic heterocycles. The number of esters is 1. The van der Waals surface area contributed by atoms with Gasteiger partial charge in [-0.05, 0) is 31.4 Å². The summed E-state index contributed by atoms with van der Waals surface area (Å²) in [6.45, 7) is 3.30. The van der Waals surface area contributed by atoms with Crippen LogP contribution in [0.3, 0.4) is 0 Å². The molecule has 0 N–H and O–H groups in total. The molecule has 0 saturated carbocycles. The molecule has 2 heterocycles. The van der Waals surface area contributed by atoms with Crippen LogP contribution >= 0.6 is 0 Å². The maximum Gasteiger partial charge on any atom is 0.328 e. The fourth-order valence-electron chi connectivity index (χ4n) is 4.19. The van der Waals surface area contributed by atoms with Crippen molar-refractivity contribution in [1.29, 1.82) is 0 Å². The highest BCUT2D eigenvalue weighted by Gasteiger charge is 2.36. The number of carbonyl (C=O) groups excluding carboxylic acids is 2. The fraction of sp³-hybridized carbons (Fsp3) is 0.760. The van der Waals surface area contributed by atoms with E-state index in [2.05, 4.69) is 6.92 Å². The minimum absolute atomic E-state index is 0.222. The van der Waals surface area contributed by atoms with Crippen molar-refractivity contribution in [1.82, 2.24) is 4.90 Å². The van der Waals surface area contributed by atoms with E-state index in [1.54, 1.807) is 17.0 Å². The van der Waals surface area contributed by atoms with Gasteiger partial charge in [-0.1, -0.05) is 84.0 Å². The van der Waals surface area contributed by atoms with Crippen molar-refractivity contribution in [2.45, 2.75) is 109 Å². The van der Waals surface area contributed by atoms with Gasteiger partial charge in [-0.3, -0.25) is 4.79 Å². The summed E-state index contributed by atoms with van der Waals surface area (Å²) in [6.07, 6.45) is 19.8. The van der Waals surface area contributed by atoms with Gasteiger partial charge in [-0.2, -0.15) is 0 Å². The number of hydrogen-bond acceptors (Lipinski definition) is 4. The fourth-order valence-corrected chi connectivity index (χ4v) is 4.19. The molecule has 1 saturated heterocycles. The molecule has 1 unspecified atom stereocenters. The topological polar surface area (TPSA) is 59.8 Å². The number of nitrogens with zero attached hydrogens (tertiary/aromatic N) is 1. The molecule has 5 heteroatoms. The lowest BCUT2D eigenvalue weighted by Gasteiger charge is -2.22. The Hall–Kier alpha value is -1.78. The molecule has 1 fully saturated rings. The minimum Gasteiger partial charge on any atom is -0.464 e. The lowest BCUT2D eigenvalue weighted by Crippen LogP contribution is -2.41. The molecule has 1 aliphatic rings. The molecule has 170 valence electrons. The molecule has 1 amide bonds. The number of ether oxygens (including phenoxy) is 1. The van der Waals surface area contributed by atoms with Crippen molar-refractivity contribution < 1.29 is 18.7 Å². The Morgan fingerprint density at radius 1 is 0.967 bits per heavy atom. The first-order valence-corrected chi connectivity index (χ1v) is 12.2. The number of rotatable bonds is 16. The van der Waals surface area contributed by atoms with Crippen LogP contribution in [0.15, 0.2) is 22.8 Å². The first-order valence-electron chi connectivity index (χ1n) is 12.2. The van der Waals surface area contributed by atoms with Gasteiger partial charge in [0.2, 0.25) is 0 Å². The summed E-state index contributed by atoms with van der Waals surface area (Å²) in [5.74, 6) is -0.210. The second-order valence-electron chi connectivity index (χ2n) is 8.54. The lowest BCUT2D eigenvalue weighted by molar-refractivity contribution is -0.148. The van der Waals surface area contributed by atoms with Crippen LogP contribution in [0, 0.1) is 0 Å². The largest absolute Gasteiger partial charge is 0.464 e. The predicted octanol–water partition coefficient (Wildman–Crippen LogP) is 6.52. The average molecular weight is 420 g/mol. The van der Waals surface area contributed by atoms with Crippen molar-refractivity contribution >= 4 is 11.9 Å². The van der Waals surface area contributed by atoms with E-state index in [9.17, 15) is 9.59 Å². The highest BCUT2D eigenvalue weighted by atomic mass is 16.5. The molecule has 5 nitrogen and oxygen atoms in total. The number of unbranched alkanes of at least 4 members (excludes halogenated alkanes) is 12. The summed E-state index contributed by atoms with van der Waals surface area (Å²) < 4.78 is 10.6. The number of carbonyl (C=O) groups is 2. The van der Waals surface area contributed by atoms with Crippen LogP contribution in [0.1, 0.15) is 114 Å². The van der Waals surface area contributed by atoms with Gasteiger partial charge in [-0.25, -0.2) is 4.79 Å². The molecule has 0 radical (unpaired) electrons. The maximum absolute atomic E-state index is 12.4. The maximum atomic E-state index is 12.4. The summed E-state index contributed by atoms with van der Waals surface area (Å²) in [4.78, 5) is 26.4. The smallest absolute Gasteiger partial charge is 0.328 e. The van der Waals surface area contributed by atoms with Crippen molar-refractivity contribution in [3.63, 3.8) is 0 Å². The molecule has 30 heavy (non-hydrogen) atoms. The molecule has 1 aliphatic heterocycles. The lowest BCUT2D eigenvalue weighted by atomic mass is 10.0. The van der Waals surface area contributed by atoms with Gasteiger partial charge >= 0.3 is 5.97 Å². The highest BCUT2D eigenvalue weighted by molar-refractivity contribution is 5.94. The molecular weight excluding hydrogens is 378 g/mol. The molecule has 0 aromatic carbocycles. The van der Waals surface area contributed by atoms with Crippen molar-refractivity contribution in [3.8, 4) is 0 Å². The third-order valence-electron chi connectivity index (χ3n) is 6.01. The van der Waals surface area contributed by atoms with E-state index >= 15 is 0 Å². The summed E-state index contributed by atoms with van der Waals surface area (Å²) in [5.41, 5.74) is 0. The normalized spacial score (nSPS) is 16.2. The standard InChI is InChI=1S/C25H41NO4/c1-2-3-4-5-6-7-8-9-10-11-12-13-14-20-30-25(28)22-17-15-19-26(22)24(27)23-18-16-21-29-23/h16,18,21-22H,2-15,17,19-20H2,1H3. The zero-order valence-electron chi connectivity index (χ0n) is 18.9. The number of furan rings is 1. The Morgan fingerprint density at radius 2 is 1.57 bits per heavy atom. The summed E-state index contributed by atoms with van der Waals surface area (Å²) in [5, 5.41) is 0. The molecule has 0 bridgehead atoms. The third kappa shape index (κ3) is 8.93. The Labute approximate surface area is 182 Å². The van der Waals surface area contributed by atoms with Crippen LogP contribution in [-0.4, -0.2) is 36.0 Å². The van der Waals surface area contributed by atoms with E-state index < -0.39 is 6.04 Å². The Balaban J connectivity index is 1.45. The SMILES string of the molecule is CCCCCCCCCCCCCCCOC(=O)C1CCCN1C(=O)c1ccco1. The van der Waals surface area contributed by atoms with Gasteiger partial charge in [0.1, 0.15) is 6.04 Å². The van der Waals surface area contributed by atoms with Crippen LogP contribution in [0.2, 0.25) is 0 Å². The molecule has 0 spiro atoms. The van der Waals surface area contributed by atoms with Gasteiger partial charge in [0.05, 0.1) is 12.9 Å². The Bertz CT molecular complexity index is 584. The second-order valence-corrected chi connectivity index (χ2v) is 8.54. The molecular formula is C25H41NO4. The monoisotopic (exact) mass is 419 g/mol. The van der Waals surface area contributed by atoms with E-state index in [0.717, 1.165) is 19.3 Å². The number of amides is 1. The van der Waals surface area contributed by atoms with Crippen molar-refractivity contribution in [2.75, 3.05) is 13.2 Å². The van der Waals surface area contributed by atoms with Gasteiger partial charge in [0.25, 0.3) is 5.91 Å². The van der Waals surface area contributed by atoms with E-state index in [1.165, 1.54) is 76.9 Å². The zero-order valence-corrected chi connectivity index (χ0v) is 18.9. The first kappa shape index (κ1) is 24.5. The predicted molar refractivity (Wildman–Crippen MR) is 119 cm³/mol. The van der Waals surface area contributed by atoms with Crippen LogP contribution in [-0.2, 0) is 9.53 Å². The minimum atomic E-state index is -0.468. The van der Waals surface area contributed by atoms with Gasteiger partial charge in [0.15, 0.2) is 5.76 Å². The van der Waals surface area contributed by atoms with Gasteiger partial charge in [-0.15, -0.1) is 0 Å². The number of hydrogen-bond donors (Lipinski definition) is 0. The van der Waals surface area contributed by atoms with Gasteiger partial charge in [0, 0.05) is 6.54 Å². The van der Waals surface area contributed by atoms with E-state index in [-0.39, 0.29) is 17.6 Å².